The molecule has 0 radical (unpaired) electrons. The summed E-state index contributed by atoms with van der Waals surface area (Å²) in [6, 6.07) is 18.8. The van der Waals surface area contributed by atoms with Gasteiger partial charge in [0.1, 0.15) is 23.9 Å². The number of carbonyl (C=O) groups excluding carboxylic acids is 2. The smallest absolute Gasteiger partial charge is 0.319 e. The predicted molar refractivity (Wildman–Crippen MR) is 173 cm³/mol. The molecule has 1 amide bonds. The van der Waals surface area contributed by atoms with E-state index in [1.165, 1.54) is 23.7 Å². The molecule has 4 rings (SSSR count). The number of halogens is 2. The zero-order valence-corrected chi connectivity index (χ0v) is 27.0. The minimum absolute atomic E-state index is 0.0106. The Hall–Kier alpha value is -3.53. The molecular weight excluding hydrogens is 607 g/mol. The van der Waals surface area contributed by atoms with Crippen LogP contribution in [0.1, 0.15) is 48.9 Å². The zero-order chi connectivity index (χ0) is 31.2. The molecule has 0 bridgehead atoms. The highest BCUT2D eigenvalue weighted by molar-refractivity contribution is 8.00. The largest absolute Gasteiger partial charge is 0.493 e. The van der Waals surface area contributed by atoms with Crippen LogP contribution in [0.5, 0.6) is 5.75 Å². The zero-order valence-electron chi connectivity index (χ0n) is 24.7. The van der Waals surface area contributed by atoms with Gasteiger partial charge in [-0.1, -0.05) is 71.7 Å². The van der Waals surface area contributed by atoms with Crippen LogP contribution in [0.4, 0.5) is 5.69 Å². The van der Waals surface area contributed by atoms with Gasteiger partial charge in [-0.2, -0.15) is 5.10 Å². The van der Waals surface area contributed by atoms with E-state index in [0.717, 1.165) is 39.6 Å². The molecule has 228 valence electrons. The van der Waals surface area contributed by atoms with Crippen LogP contribution >= 0.6 is 35.0 Å². The van der Waals surface area contributed by atoms with E-state index in [0.29, 0.717) is 29.6 Å². The van der Waals surface area contributed by atoms with Gasteiger partial charge in [0.2, 0.25) is 5.91 Å². The molecule has 0 aliphatic heterocycles. The van der Waals surface area contributed by atoms with Crippen molar-refractivity contribution in [2.45, 2.75) is 64.0 Å². The highest BCUT2D eigenvalue weighted by Crippen LogP contribution is 2.22. The van der Waals surface area contributed by atoms with Gasteiger partial charge in [-0.15, -0.1) is 0 Å². The molecule has 11 heteroatoms. The molecule has 0 fully saturated rings. The maximum absolute atomic E-state index is 12.0. The summed E-state index contributed by atoms with van der Waals surface area (Å²) in [5.74, 6) is 0.575. The fourth-order valence-electron chi connectivity index (χ4n) is 3.84. The number of nitrogens with zero attached hydrogens (tertiary/aromatic N) is 2. The first-order chi connectivity index (χ1) is 20.6. The second kappa shape index (κ2) is 17.6. The Morgan fingerprint density at radius 2 is 1.81 bits per heavy atom. The van der Waals surface area contributed by atoms with Crippen molar-refractivity contribution in [2.24, 2.45) is 0 Å². The van der Waals surface area contributed by atoms with E-state index in [9.17, 15) is 9.59 Å². The topological polar surface area (TPSA) is 106 Å². The fraction of sp³-hybridized carbons (Fsp3) is 0.312. The minimum Gasteiger partial charge on any atom is -0.493 e. The monoisotopic (exact) mass is 642 g/mol. The lowest BCUT2D eigenvalue weighted by molar-refractivity contribution is -0.143. The number of thioether (sulfide) groups is 1. The molecule has 8 nitrogen and oxygen atoms in total. The Morgan fingerprint density at radius 1 is 1.05 bits per heavy atom. The molecule has 3 aromatic carbocycles. The lowest BCUT2D eigenvalue weighted by atomic mass is 10.1. The van der Waals surface area contributed by atoms with Gasteiger partial charge in [0.25, 0.3) is 0 Å². The molecule has 1 unspecified atom stereocenters. The maximum Gasteiger partial charge on any atom is 0.319 e. The lowest BCUT2D eigenvalue weighted by Gasteiger charge is -2.10. The molecule has 0 saturated heterocycles. The van der Waals surface area contributed by atoms with E-state index in [1.807, 2.05) is 56.3 Å². The van der Waals surface area contributed by atoms with E-state index in [2.05, 4.69) is 33.5 Å². The summed E-state index contributed by atoms with van der Waals surface area (Å²) < 4.78 is 11.0. The molecular formula is C32H36Cl2N4O4S. The van der Waals surface area contributed by atoms with Crippen LogP contribution in [0, 0.1) is 13.8 Å². The fourth-order valence-corrected chi connectivity index (χ4v) is 4.93. The molecule has 1 aromatic heterocycles. The van der Waals surface area contributed by atoms with Crippen LogP contribution in [0.3, 0.4) is 0 Å². The summed E-state index contributed by atoms with van der Waals surface area (Å²) in [6.07, 6.45) is 3.34. The minimum atomic E-state index is -0.347. The second-order valence-corrected chi connectivity index (χ2v) is 11.9. The normalized spacial score (nSPS) is 11.2. The number of anilines is 1. The number of nitrogens with one attached hydrogen (secondary N) is 2. The standard InChI is InChI=1S/C20H24ClNO2.C12H12ClN3O2S/c1-4-16-13-17(8-9-18(16)21)22-20(23)6-5-11-24-19-10-7-14(2)12-15(19)3;1-8(19-12-14-7-15-16-12)11(17)18-6-9-2-4-10(13)5-3-9/h7-10,12-13H,4-6,11H2,1-3H3,(H,22,23);2-5,7-8H,6H2,1H3,(H,14,15,16). The quantitative estimate of drug-likeness (QED) is 0.0916. The summed E-state index contributed by atoms with van der Waals surface area (Å²) in [6.45, 7) is 8.65. The van der Waals surface area contributed by atoms with E-state index in [1.54, 1.807) is 19.1 Å². The van der Waals surface area contributed by atoms with Crippen LogP contribution in [0.25, 0.3) is 0 Å². The van der Waals surface area contributed by atoms with Crippen LogP contribution in [-0.2, 0) is 27.4 Å². The summed E-state index contributed by atoms with van der Waals surface area (Å²) in [7, 11) is 0. The van der Waals surface area contributed by atoms with Crippen LogP contribution in [0.2, 0.25) is 10.0 Å². The van der Waals surface area contributed by atoms with Crippen molar-refractivity contribution in [3.63, 3.8) is 0 Å². The molecule has 0 aliphatic rings. The van der Waals surface area contributed by atoms with Gasteiger partial charge in [0, 0.05) is 22.2 Å². The SMILES string of the molecule is CC(Sc1ncn[nH]1)C(=O)OCc1ccc(Cl)cc1.CCc1cc(NC(=O)CCCOc2ccc(C)cc2C)ccc1Cl. The summed E-state index contributed by atoms with van der Waals surface area (Å²) in [5, 5.41) is 10.9. The average molecular weight is 644 g/mol. The Morgan fingerprint density at radius 3 is 2.49 bits per heavy atom. The Labute approximate surface area is 266 Å². The number of aryl methyl sites for hydroxylation is 3. The Bertz CT molecular complexity index is 1470. The first kappa shape index (κ1) is 34.0. The van der Waals surface area contributed by atoms with Gasteiger partial charge in [0.05, 0.1) is 6.61 Å². The molecule has 43 heavy (non-hydrogen) atoms. The highest BCUT2D eigenvalue weighted by Gasteiger charge is 2.17. The van der Waals surface area contributed by atoms with E-state index in [-0.39, 0.29) is 23.7 Å². The van der Waals surface area contributed by atoms with Gasteiger partial charge in [-0.05, 0) is 86.7 Å². The third-order valence-corrected chi connectivity index (χ3v) is 7.74. The van der Waals surface area contributed by atoms with Crippen molar-refractivity contribution in [3.05, 3.63) is 99.3 Å². The molecule has 2 N–H and O–H groups in total. The number of esters is 1. The van der Waals surface area contributed by atoms with Crippen LogP contribution in [0.15, 0.2) is 72.1 Å². The Balaban J connectivity index is 0.000000242. The van der Waals surface area contributed by atoms with E-state index >= 15 is 0 Å². The van der Waals surface area contributed by atoms with Gasteiger partial charge in [0.15, 0.2) is 5.16 Å². The van der Waals surface area contributed by atoms with Gasteiger partial charge in [-0.3, -0.25) is 14.7 Å². The van der Waals surface area contributed by atoms with Crippen molar-refractivity contribution in [1.29, 1.82) is 0 Å². The van der Waals surface area contributed by atoms with Gasteiger partial charge in [-0.25, -0.2) is 4.98 Å². The van der Waals surface area contributed by atoms with Crippen molar-refractivity contribution in [3.8, 4) is 5.75 Å². The molecule has 1 heterocycles. The molecule has 0 saturated carbocycles. The van der Waals surface area contributed by atoms with E-state index < -0.39 is 0 Å². The number of ether oxygens (including phenoxy) is 2. The molecule has 1 atom stereocenters. The van der Waals surface area contributed by atoms with Crippen molar-refractivity contribution >= 4 is 52.5 Å². The Kier molecular flexibility index (Phi) is 13.9. The number of hydrogen-bond donors (Lipinski definition) is 2. The van der Waals surface area contributed by atoms with Crippen LogP contribution in [-0.4, -0.2) is 38.9 Å². The number of rotatable bonds is 12. The highest BCUT2D eigenvalue weighted by atomic mass is 35.5. The van der Waals surface area contributed by atoms with E-state index in [4.69, 9.17) is 32.7 Å². The number of H-pyrrole nitrogens is 1. The van der Waals surface area contributed by atoms with Gasteiger partial charge >= 0.3 is 5.97 Å². The third kappa shape index (κ3) is 11.9. The summed E-state index contributed by atoms with van der Waals surface area (Å²) >= 11 is 13.1. The number of amides is 1. The van der Waals surface area contributed by atoms with Crippen molar-refractivity contribution in [2.75, 3.05) is 11.9 Å². The third-order valence-electron chi connectivity index (χ3n) is 6.15. The lowest BCUT2D eigenvalue weighted by Crippen LogP contribution is -2.16. The summed E-state index contributed by atoms with van der Waals surface area (Å²) in [4.78, 5) is 27.7. The van der Waals surface area contributed by atoms with Crippen molar-refractivity contribution in [1.82, 2.24) is 15.2 Å². The number of hydrogen-bond acceptors (Lipinski definition) is 7. The van der Waals surface area contributed by atoms with Gasteiger partial charge < -0.3 is 14.8 Å². The number of carbonyl (C=O) groups is 2. The average Bonchev–Trinajstić information content (AvgIpc) is 3.50. The number of aromatic nitrogens is 3. The number of benzene rings is 3. The first-order valence-corrected chi connectivity index (χ1v) is 15.5. The summed E-state index contributed by atoms with van der Waals surface area (Å²) in [5.41, 5.74) is 5.06. The molecule has 0 spiro atoms. The van der Waals surface area contributed by atoms with Crippen LogP contribution < -0.4 is 10.1 Å². The van der Waals surface area contributed by atoms with Crippen molar-refractivity contribution < 1.29 is 19.1 Å². The molecule has 4 aromatic rings. The maximum atomic E-state index is 12.0. The second-order valence-electron chi connectivity index (χ2n) is 9.71. The first-order valence-electron chi connectivity index (χ1n) is 13.9. The molecule has 0 aliphatic carbocycles. The predicted octanol–water partition coefficient (Wildman–Crippen LogP) is 8.00. The number of aromatic amines is 1.